The number of likely N-dealkylation sites (tertiary alicyclic amines) is 1. The number of hydrogen-bond acceptors (Lipinski definition) is 5. The van der Waals surface area contributed by atoms with Crippen LogP contribution in [0.3, 0.4) is 0 Å². The Kier molecular flexibility index (Phi) is 5.66. The maximum absolute atomic E-state index is 12.1. The Morgan fingerprint density at radius 1 is 1.12 bits per heavy atom. The summed E-state index contributed by atoms with van der Waals surface area (Å²) in [5.41, 5.74) is 0. The van der Waals surface area contributed by atoms with Crippen molar-refractivity contribution in [3.63, 3.8) is 0 Å². The van der Waals surface area contributed by atoms with Crippen molar-refractivity contribution in [1.29, 1.82) is 0 Å². The van der Waals surface area contributed by atoms with Gasteiger partial charge in [0.25, 0.3) is 0 Å². The summed E-state index contributed by atoms with van der Waals surface area (Å²) in [6.45, 7) is 3.66. The van der Waals surface area contributed by atoms with E-state index in [1.165, 1.54) is 19.3 Å². The van der Waals surface area contributed by atoms with Crippen LogP contribution in [0.1, 0.15) is 32.1 Å². The van der Waals surface area contributed by atoms with E-state index in [0.29, 0.717) is 18.5 Å². The molecule has 2 aliphatic heterocycles. The quantitative estimate of drug-likeness (QED) is 0.839. The number of nitrogens with zero attached hydrogens (tertiary/aromatic N) is 5. The van der Waals surface area contributed by atoms with Gasteiger partial charge < -0.3 is 9.80 Å². The van der Waals surface area contributed by atoms with Crippen LogP contribution in [0.5, 0.6) is 0 Å². The molecule has 0 aliphatic carbocycles. The first-order valence-electron chi connectivity index (χ1n) is 9.11. The summed E-state index contributed by atoms with van der Waals surface area (Å²) >= 11 is 0. The predicted molar refractivity (Wildman–Crippen MR) is 94.9 cm³/mol. The molecular weight excluding hydrogens is 302 g/mol. The summed E-state index contributed by atoms with van der Waals surface area (Å²) < 4.78 is 0. The Morgan fingerprint density at radius 2 is 1.83 bits per heavy atom. The van der Waals surface area contributed by atoms with Crippen LogP contribution in [0.4, 0.5) is 5.95 Å². The first-order chi connectivity index (χ1) is 11.6. The van der Waals surface area contributed by atoms with Crippen molar-refractivity contribution in [3.05, 3.63) is 18.5 Å². The topological polar surface area (TPSA) is 52.6 Å². The van der Waals surface area contributed by atoms with Crippen molar-refractivity contribution in [2.45, 2.75) is 38.1 Å². The molecule has 2 fully saturated rings. The minimum Gasteiger partial charge on any atom is -0.348 e. The second kappa shape index (κ2) is 7.92. The molecular formula is C18H29N5O. The minimum atomic E-state index is 0.219. The molecule has 1 atom stereocenters. The van der Waals surface area contributed by atoms with Crippen LogP contribution in [0, 0.1) is 5.92 Å². The van der Waals surface area contributed by atoms with Crippen LogP contribution < -0.4 is 4.90 Å². The summed E-state index contributed by atoms with van der Waals surface area (Å²) in [5, 5.41) is 0. The maximum atomic E-state index is 12.1. The lowest BCUT2D eigenvalue weighted by atomic mass is 9.83. The van der Waals surface area contributed by atoms with Crippen molar-refractivity contribution < 1.29 is 4.79 Å². The zero-order chi connectivity index (χ0) is 16.9. The lowest BCUT2D eigenvalue weighted by molar-refractivity contribution is -0.131. The zero-order valence-electron chi connectivity index (χ0n) is 14.9. The molecule has 0 radical (unpaired) electrons. The minimum absolute atomic E-state index is 0.219. The molecule has 2 saturated heterocycles. The molecule has 0 aromatic carbocycles. The number of amides is 1. The molecule has 1 amide bonds. The van der Waals surface area contributed by atoms with Gasteiger partial charge in [-0.1, -0.05) is 6.42 Å². The third kappa shape index (κ3) is 4.04. The molecule has 2 aliphatic rings. The van der Waals surface area contributed by atoms with Gasteiger partial charge in [0.05, 0.1) is 6.54 Å². The molecule has 3 heterocycles. The van der Waals surface area contributed by atoms with Crippen LogP contribution in [0.25, 0.3) is 0 Å². The Morgan fingerprint density at radius 3 is 2.50 bits per heavy atom. The van der Waals surface area contributed by atoms with E-state index in [0.717, 1.165) is 38.4 Å². The molecule has 3 rings (SSSR count). The van der Waals surface area contributed by atoms with Crippen molar-refractivity contribution in [1.82, 2.24) is 19.8 Å². The molecule has 132 valence electrons. The van der Waals surface area contributed by atoms with Crippen LogP contribution >= 0.6 is 0 Å². The van der Waals surface area contributed by atoms with Crippen LogP contribution in [0.2, 0.25) is 0 Å². The molecule has 0 saturated carbocycles. The molecule has 1 aromatic heterocycles. The first-order valence-corrected chi connectivity index (χ1v) is 9.11. The summed E-state index contributed by atoms with van der Waals surface area (Å²) in [5.74, 6) is 1.75. The number of carbonyl (C=O) groups is 1. The maximum Gasteiger partial charge on any atom is 0.236 e. The highest BCUT2D eigenvalue weighted by atomic mass is 16.2. The number of aromatic nitrogens is 2. The summed E-state index contributed by atoms with van der Waals surface area (Å²) in [7, 11) is 3.69. The number of anilines is 1. The monoisotopic (exact) mass is 331 g/mol. The fourth-order valence-corrected chi connectivity index (χ4v) is 4.00. The number of likely N-dealkylation sites (N-methyl/N-ethyl adjacent to an activating group) is 1. The molecule has 6 heteroatoms. The van der Waals surface area contributed by atoms with Crippen molar-refractivity contribution >= 4 is 11.9 Å². The Hall–Kier alpha value is -1.69. The van der Waals surface area contributed by atoms with Crippen molar-refractivity contribution in [2.75, 3.05) is 45.2 Å². The van der Waals surface area contributed by atoms with Gasteiger partial charge in [-0.05, 0) is 44.2 Å². The molecule has 0 N–H and O–H groups in total. The molecule has 0 spiro atoms. The van der Waals surface area contributed by atoms with E-state index in [2.05, 4.69) is 19.8 Å². The average Bonchev–Trinajstić information content (AvgIpc) is 2.63. The third-order valence-electron chi connectivity index (χ3n) is 5.42. The number of piperidine rings is 2. The van der Waals surface area contributed by atoms with Gasteiger partial charge in [0.1, 0.15) is 0 Å². The summed E-state index contributed by atoms with van der Waals surface area (Å²) in [6, 6.07) is 2.42. The second-order valence-electron chi connectivity index (χ2n) is 7.20. The number of hydrogen-bond donors (Lipinski definition) is 0. The number of carbonyl (C=O) groups excluding carboxylic acids is 1. The molecule has 1 aromatic rings. The van der Waals surface area contributed by atoms with Crippen LogP contribution in [0.15, 0.2) is 18.5 Å². The first kappa shape index (κ1) is 17.1. The lowest BCUT2D eigenvalue weighted by Crippen LogP contribution is -2.51. The summed E-state index contributed by atoms with van der Waals surface area (Å²) in [6.07, 6.45) is 9.68. The van der Waals surface area contributed by atoms with Crippen molar-refractivity contribution in [3.8, 4) is 0 Å². The van der Waals surface area contributed by atoms with Crippen LogP contribution in [-0.4, -0.2) is 72.0 Å². The Balaban J connectivity index is 1.58. The van der Waals surface area contributed by atoms with Gasteiger partial charge in [0.2, 0.25) is 11.9 Å². The summed E-state index contributed by atoms with van der Waals surface area (Å²) in [4.78, 5) is 27.3. The highest BCUT2D eigenvalue weighted by Gasteiger charge is 2.33. The average molecular weight is 331 g/mol. The van der Waals surface area contributed by atoms with E-state index < -0.39 is 0 Å². The number of rotatable bonds is 4. The van der Waals surface area contributed by atoms with E-state index in [4.69, 9.17) is 0 Å². The van der Waals surface area contributed by atoms with E-state index in [9.17, 15) is 4.79 Å². The molecule has 6 nitrogen and oxygen atoms in total. The van der Waals surface area contributed by atoms with E-state index in [1.54, 1.807) is 4.90 Å². The third-order valence-corrected chi connectivity index (χ3v) is 5.42. The fourth-order valence-electron chi connectivity index (χ4n) is 4.00. The normalized spacial score (nSPS) is 23.2. The lowest BCUT2D eigenvalue weighted by Gasteiger charge is -2.43. The smallest absolute Gasteiger partial charge is 0.236 e. The van der Waals surface area contributed by atoms with Crippen LogP contribution in [-0.2, 0) is 4.79 Å². The van der Waals surface area contributed by atoms with Gasteiger partial charge in [-0.3, -0.25) is 9.69 Å². The Bertz CT molecular complexity index is 527. The molecule has 24 heavy (non-hydrogen) atoms. The SMILES string of the molecule is CN(C)C(=O)CN1CCCC[C@@H]1C1CCN(c2ncccn2)CC1. The Labute approximate surface area is 144 Å². The van der Waals surface area contributed by atoms with Gasteiger partial charge in [-0.25, -0.2) is 9.97 Å². The van der Waals surface area contributed by atoms with Gasteiger partial charge in [-0.15, -0.1) is 0 Å². The van der Waals surface area contributed by atoms with E-state index in [-0.39, 0.29) is 5.91 Å². The van der Waals surface area contributed by atoms with Gasteiger partial charge in [0.15, 0.2) is 0 Å². The van der Waals surface area contributed by atoms with Gasteiger partial charge in [-0.2, -0.15) is 0 Å². The standard InChI is InChI=1S/C18H29N5O/c1-21(2)17(24)14-23-11-4-3-6-16(23)15-7-12-22(13-8-15)18-19-9-5-10-20-18/h5,9-10,15-16H,3-4,6-8,11-14H2,1-2H3/t16-/m1/s1. The predicted octanol–water partition coefficient (Wildman–Crippen LogP) is 1.64. The van der Waals surface area contributed by atoms with E-state index in [1.807, 2.05) is 32.6 Å². The van der Waals surface area contributed by atoms with Crippen molar-refractivity contribution in [2.24, 2.45) is 5.92 Å². The highest BCUT2D eigenvalue weighted by molar-refractivity contribution is 5.77. The molecule has 0 unspecified atom stereocenters. The van der Waals surface area contributed by atoms with Gasteiger partial charge >= 0.3 is 0 Å². The largest absolute Gasteiger partial charge is 0.348 e. The second-order valence-corrected chi connectivity index (χ2v) is 7.20. The fraction of sp³-hybridized carbons (Fsp3) is 0.722. The zero-order valence-corrected chi connectivity index (χ0v) is 14.9. The highest BCUT2D eigenvalue weighted by Crippen LogP contribution is 2.31. The van der Waals surface area contributed by atoms with Gasteiger partial charge in [0, 0.05) is 45.6 Å². The van der Waals surface area contributed by atoms with E-state index >= 15 is 0 Å². The molecule has 0 bridgehead atoms.